The first-order valence-corrected chi connectivity index (χ1v) is 6.55. The van der Waals surface area contributed by atoms with E-state index in [9.17, 15) is 4.79 Å². The van der Waals surface area contributed by atoms with Crippen molar-refractivity contribution in [1.29, 1.82) is 0 Å². The van der Waals surface area contributed by atoms with E-state index in [2.05, 4.69) is 18.9 Å². The summed E-state index contributed by atoms with van der Waals surface area (Å²) < 4.78 is 1.87. The van der Waals surface area contributed by atoms with Gasteiger partial charge in [0.05, 0.1) is 16.4 Å². The van der Waals surface area contributed by atoms with Crippen molar-refractivity contribution in [3.8, 4) is 0 Å². The summed E-state index contributed by atoms with van der Waals surface area (Å²) in [6, 6.07) is 0. The molecule has 0 bridgehead atoms. The number of hydrogen-bond acceptors (Lipinski definition) is 2. The van der Waals surface area contributed by atoms with Gasteiger partial charge in [0, 0.05) is 19.9 Å². The third-order valence-corrected chi connectivity index (χ3v) is 4.16. The highest BCUT2D eigenvalue weighted by Crippen LogP contribution is 2.40. The highest BCUT2D eigenvalue weighted by Gasteiger charge is 2.35. The Morgan fingerprint density at radius 2 is 2.24 bits per heavy atom. The lowest BCUT2D eigenvalue weighted by Crippen LogP contribution is -2.18. The molecule has 1 aliphatic rings. The quantitative estimate of drug-likeness (QED) is 0.831. The van der Waals surface area contributed by atoms with Gasteiger partial charge in [-0.3, -0.25) is 9.48 Å². The van der Waals surface area contributed by atoms with E-state index in [-0.39, 0.29) is 5.41 Å². The van der Waals surface area contributed by atoms with E-state index in [0.29, 0.717) is 18.6 Å². The molecule has 4 heteroatoms. The fourth-order valence-electron chi connectivity index (χ4n) is 2.66. The molecule has 0 radical (unpaired) electrons. The zero-order valence-corrected chi connectivity index (χ0v) is 11.5. The third-order valence-electron chi connectivity index (χ3n) is 3.73. The first-order chi connectivity index (χ1) is 7.95. The zero-order chi connectivity index (χ0) is 12.6. The molecule has 0 aliphatic heterocycles. The van der Waals surface area contributed by atoms with Crippen molar-refractivity contribution in [2.24, 2.45) is 12.5 Å². The summed E-state index contributed by atoms with van der Waals surface area (Å²) in [5, 5.41) is 5.21. The van der Waals surface area contributed by atoms with Crippen LogP contribution >= 0.6 is 11.6 Å². The van der Waals surface area contributed by atoms with Crippen LogP contribution in [0.4, 0.5) is 0 Å². The van der Waals surface area contributed by atoms with Crippen LogP contribution in [0, 0.1) is 5.41 Å². The van der Waals surface area contributed by atoms with E-state index in [1.807, 2.05) is 11.7 Å². The van der Waals surface area contributed by atoms with Crippen LogP contribution in [0.15, 0.2) is 0 Å². The third kappa shape index (κ3) is 2.39. The molecule has 1 heterocycles. The number of ketones is 1. The lowest BCUT2D eigenvalue weighted by Gasteiger charge is -2.22. The zero-order valence-electron chi connectivity index (χ0n) is 10.7. The molecule has 1 aromatic rings. The SMILES string of the molecule is CCc1nn(C)c(CC2(C)CCC(=O)C2)c1Cl. The van der Waals surface area contributed by atoms with Gasteiger partial charge in [0.25, 0.3) is 0 Å². The molecular formula is C13H19ClN2O. The molecule has 1 atom stereocenters. The van der Waals surface area contributed by atoms with Crippen LogP contribution in [0.25, 0.3) is 0 Å². The van der Waals surface area contributed by atoms with Crippen LogP contribution < -0.4 is 0 Å². The van der Waals surface area contributed by atoms with Gasteiger partial charge in [-0.1, -0.05) is 25.4 Å². The van der Waals surface area contributed by atoms with Crippen LogP contribution in [0.2, 0.25) is 5.02 Å². The van der Waals surface area contributed by atoms with Gasteiger partial charge in [0.1, 0.15) is 5.78 Å². The minimum Gasteiger partial charge on any atom is -0.300 e. The first-order valence-electron chi connectivity index (χ1n) is 6.17. The maximum atomic E-state index is 11.4. The Balaban J connectivity index is 2.24. The van der Waals surface area contributed by atoms with Crippen LogP contribution in [0.5, 0.6) is 0 Å². The second-order valence-corrected chi connectivity index (χ2v) is 5.77. The number of rotatable bonds is 3. The molecule has 0 saturated heterocycles. The molecule has 0 amide bonds. The number of halogens is 1. The molecule has 0 N–H and O–H groups in total. The van der Waals surface area contributed by atoms with Gasteiger partial charge in [-0.2, -0.15) is 5.10 Å². The molecule has 1 aliphatic carbocycles. The number of aromatic nitrogens is 2. The van der Waals surface area contributed by atoms with Gasteiger partial charge in [-0.05, 0) is 24.7 Å². The van der Waals surface area contributed by atoms with E-state index in [1.165, 1.54) is 0 Å². The maximum absolute atomic E-state index is 11.4. The first kappa shape index (κ1) is 12.6. The second kappa shape index (κ2) is 4.45. The smallest absolute Gasteiger partial charge is 0.133 e. The van der Waals surface area contributed by atoms with E-state index >= 15 is 0 Å². The molecule has 1 saturated carbocycles. The van der Waals surface area contributed by atoms with Crippen molar-refractivity contribution in [2.45, 2.75) is 46.0 Å². The summed E-state index contributed by atoms with van der Waals surface area (Å²) in [6.45, 7) is 4.23. The molecule has 0 aromatic carbocycles. The molecule has 2 rings (SSSR count). The average Bonchev–Trinajstić information content (AvgIpc) is 2.73. The van der Waals surface area contributed by atoms with Crippen LogP contribution in [-0.4, -0.2) is 15.6 Å². The van der Waals surface area contributed by atoms with Gasteiger partial charge in [-0.15, -0.1) is 0 Å². The normalized spacial score (nSPS) is 24.6. The molecule has 1 fully saturated rings. The van der Waals surface area contributed by atoms with Gasteiger partial charge in [0.2, 0.25) is 0 Å². The van der Waals surface area contributed by atoms with Crippen molar-refractivity contribution in [2.75, 3.05) is 0 Å². The van der Waals surface area contributed by atoms with Crippen molar-refractivity contribution in [3.63, 3.8) is 0 Å². The molecular weight excluding hydrogens is 236 g/mol. The predicted molar refractivity (Wildman–Crippen MR) is 68.3 cm³/mol. The highest BCUT2D eigenvalue weighted by atomic mass is 35.5. The van der Waals surface area contributed by atoms with Crippen molar-refractivity contribution in [1.82, 2.24) is 9.78 Å². The summed E-state index contributed by atoms with van der Waals surface area (Å²) in [6.07, 6.45) is 4.06. The van der Waals surface area contributed by atoms with Crippen LogP contribution in [0.3, 0.4) is 0 Å². The Hall–Kier alpha value is -0.830. The van der Waals surface area contributed by atoms with Crippen molar-refractivity contribution in [3.05, 3.63) is 16.4 Å². The van der Waals surface area contributed by atoms with Crippen molar-refractivity contribution >= 4 is 17.4 Å². The number of carbonyl (C=O) groups is 1. The summed E-state index contributed by atoms with van der Waals surface area (Å²) in [4.78, 5) is 11.4. The van der Waals surface area contributed by atoms with Gasteiger partial charge in [0.15, 0.2) is 0 Å². The van der Waals surface area contributed by atoms with E-state index in [1.54, 1.807) is 0 Å². The Bertz CT molecular complexity index is 453. The Morgan fingerprint density at radius 1 is 1.53 bits per heavy atom. The molecule has 17 heavy (non-hydrogen) atoms. The summed E-state index contributed by atoms with van der Waals surface area (Å²) in [7, 11) is 1.93. The minimum atomic E-state index is 0.0690. The second-order valence-electron chi connectivity index (χ2n) is 5.39. The molecule has 3 nitrogen and oxygen atoms in total. The lowest BCUT2D eigenvalue weighted by atomic mass is 9.83. The number of carbonyl (C=O) groups excluding carboxylic acids is 1. The summed E-state index contributed by atoms with van der Waals surface area (Å²) >= 11 is 6.34. The number of nitrogens with zero attached hydrogens (tertiary/aromatic N) is 2. The summed E-state index contributed by atoms with van der Waals surface area (Å²) in [5.74, 6) is 0.376. The van der Waals surface area contributed by atoms with E-state index in [0.717, 1.165) is 35.7 Å². The van der Waals surface area contributed by atoms with Crippen LogP contribution in [-0.2, 0) is 24.7 Å². The number of hydrogen-bond donors (Lipinski definition) is 0. The van der Waals surface area contributed by atoms with Gasteiger partial charge < -0.3 is 0 Å². The molecule has 0 spiro atoms. The number of Topliss-reactive ketones (excluding diaryl/α,β-unsaturated/α-hetero) is 1. The Kier molecular flexibility index (Phi) is 3.30. The van der Waals surface area contributed by atoms with Gasteiger partial charge >= 0.3 is 0 Å². The van der Waals surface area contributed by atoms with Crippen LogP contribution in [0.1, 0.15) is 44.5 Å². The summed E-state index contributed by atoms with van der Waals surface area (Å²) in [5.41, 5.74) is 2.09. The minimum absolute atomic E-state index is 0.0690. The molecule has 94 valence electrons. The average molecular weight is 255 g/mol. The molecule has 1 aromatic heterocycles. The largest absolute Gasteiger partial charge is 0.300 e. The topological polar surface area (TPSA) is 34.9 Å². The fourth-order valence-corrected chi connectivity index (χ4v) is 3.02. The Labute approximate surface area is 107 Å². The highest BCUT2D eigenvalue weighted by molar-refractivity contribution is 6.31. The van der Waals surface area contributed by atoms with Crippen molar-refractivity contribution < 1.29 is 4.79 Å². The monoisotopic (exact) mass is 254 g/mol. The van der Waals surface area contributed by atoms with E-state index in [4.69, 9.17) is 11.6 Å². The predicted octanol–water partition coefficient (Wildman–Crippen LogP) is 2.94. The van der Waals surface area contributed by atoms with Gasteiger partial charge in [-0.25, -0.2) is 0 Å². The van der Waals surface area contributed by atoms with E-state index < -0.39 is 0 Å². The number of aryl methyl sites for hydroxylation is 2. The lowest BCUT2D eigenvalue weighted by molar-refractivity contribution is -0.117. The standard InChI is InChI=1S/C13H19ClN2O/c1-4-10-12(14)11(16(3)15-10)8-13(2)6-5-9(17)7-13/h4-8H2,1-3H3. The Morgan fingerprint density at radius 3 is 2.71 bits per heavy atom. The fraction of sp³-hybridized carbons (Fsp3) is 0.692. The maximum Gasteiger partial charge on any atom is 0.133 e. The molecule has 1 unspecified atom stereocenters.